The summed E-state index contributed by atoms with van der Waals surface area (Å²) in [4.78, 5) is 38.1. The van der Waals surface area contributed by atoms with Crippen LogP contribution in [0.25, 0.3) is 0 Å². The third kappa shape index (κ3) is 60.8. The molecule has 1 atom stereocenters. The molecule has 0 heterocycles. The third-order valence-corrected chi connectivity index (χ3v) is 13.3. The summed E-state index contributed by atoms with van der Waals surface area (Å²) in [6, 6.07) is 0. The second-order valence-electron chi connectivity index (χ2n) is 20.6. The fourth-order valence-corrected chi connectivity index (χ4v) is 8.65. The fraction of sp³-hybridized carbons (Fsp3) is 0.696. The molecular formula is C69H116O6. The lowest BCUT2D eigenvalue weighted by molar-refractivity contribution is -0.167. The lowest BCUT2D eigenvalue weighted by atomic mass is 10.0. The summed E-state index contributed by atoms with van der Waals surface area (Å²) in [5, 5.41) is 0. The van der Waals surface area contributed by atoms with Gasteiger partial charge in [-0.1, -0.05) is 284 Å². The highest BCUT2D eigenvalue weighted by Gasteiger charge is 2.19. The first-order valence-corrected chi connectivity index (χ1v) is 31.4. The number of ether oxygens (including phenoxy) is 3. The number of unbranched alkanes of at least 4 members (excludes halogenated alkanes) is 27. The van der Waals surface area contributed by atoms with Crippen molar-refractivity contribution in [2.75, 3.05) is 13.2 Å². The van der Waals surface area contributed by atoms with E-state index in [1.807, 2.05) is 0 Å². The molecule has 0 aliphatic rings. The lowest BCUT2D eigenvalue weighted by Gasteiger charge is -2.18. The Hall–Kier alpha value is -3.93. The molecule has 0 saturated heterocycles. The van der Waals surface area contributed by atoms with Crippen LogP contribution in [0.5, 0.6) is 0 Å². The second kappa shape index (κ2) is 62.6. The average molecular weight is 1040 g/mol. The van der Waals surface area contributed by atoms with E-state index >= 15 is 0 Å². The number of carbonyl (C=O) groups is 3. The SMILES string of the molecule is CC/C=C\C/C=C\C/C=C\C/C=C\C/C=C\CCCC(=O)OC(COC(=O)CCCCCCCCCCC)COC(=O)CCCCCCCCCCCCCCCCCCCC/C=C\C/C=C\C/C=C\C/C=C\CC. The van der Waals surface area contributed by atoms with Crippen molar-refractivity contribution >= 4 is 17.9 Å². The van der Waals surface area contributed by atoms with Crippen LogP contribution in [0.4, 0.5) is 0 Å². The Kier molecular flexibility index (Phi) is 59.3. The van der Waals surface area contributed by atoms with Crippen LogP contribution in [-0.4, -0.2) is 37.2 Å². The Morgan fingerprint density at radius 2 is 0.533 bits per heavy atom. The van der Waals surface area contributed by atoms with E-state index in [0.717, 1.165) is 103 Å². The highest BCUT2D eigenvalue weighted by Crippen LogP contribution is 2.16. The molecule has 6 nitrogen and oxygen atoms in total. The van der Waals surface area contributed by atoms with Gasteiger partial charge >= 0.3 is 17.9 Å². The minimum Gasteiger partial charge on any atom is -0.462 e. The normalized spacial score (nSPS) is 12.8. The van der Waals surface area contributed by atoms with Gasteiger partial charge < -0.3 is 14.2 Å². The standard InChI is InChI=1S/C69H116O6/c1-4-7-10-13-16-19-21-23-25-27-28-29-30-31-32-33-34-35-36-37-38-39-40-42-43-45-47-50-53-56-59-62-68(71)74-65-66(64-73-67(70)61-58-55-52-49-18-15-12-9-6-3)75-69(72)63-60-57-54-51-48-46-44-41-26-24-22-20-17-14-11-8-5-2/h7-8,10-11,16-17,19-20,23-26,28-29,44,46,51,54,66H,4-6,9,12-15,18,21-22,27,30-43,45,47-50,52-53,55-65H2,1-3H3/b10-7-,11-8-,19-16-,20-17-,25-23-,26-24-,29-28-,46-44-,54-51-. The molecule has 428 valence electrons. The quantitative estimate of drug-likeness (QED) is 0.0261. The first-order chi connectivity index (χ1) is 37.0. The smallest absolute Gasteiger partial charge is 0.306 e. The van der Waals surface area contributed by atoms with Gasteiger partial charge in [-0.15, -0.1) is 0 Å². The fourth-order valence-electron chi connectivity index (χ4n) is 8.65. The summed E-state index contributed by atoms with van der Waals surface area (Å²) in [7, 11) is 0. The Labute approximate surface area is 463 Å². The highest BCUT2D eigenvalue weighted by molar-refractivity contribution is 5.71. The first kappa shape index (κ1) is 71.1. The van der Waals surface area contributed by atoms with Crippen LogP contribution < -0.4 is 0 Å². The number of esters is 3. The minimum absolute atomic E-state index is 0.0979. The van der Waals surface area contributed by atoms with Gasteiger partial charge in [-0.25, -0.2) is 0 Å². The minimum atomic E-state index is -0.805. The van der Waals surface area contributed by atoms with Crippen LogP contribution >= 0.6 is 0 Å². The molecule has 6 heteroatoms. The van der Waals surface area contributed by atoms with Crippen molar-refractivity contribution < 1.29 is 28.6 Å². The number of rotatable bonds is 56. The largest absolute Gasteiger partial charge is 0.462 e. The zero-order chi connectivity index (χ0) is 54.3. The van der Waals surface area contributed by atoms with Gasteiger partial charge in [0.1, 0.15) is 13.2 Å². The molecule has 0 amide bonds. The van der Waals surface area contributed by atoms with E-state index in [1.165, 1.54) is 141 Å². The maximum Gasteiger partial charge on any atom is 0.306 e. The zero-order valence-corrected chi connectivity index (χ0v) is 49.0. The Balaban J connectivity index is 4.16. The highest BCUT2D eigenvalue weighted by atomic mass is 16.6. The number of hydrogen-bond donors (Lipinski definition) is 0. The summed E-state index contributed by atoms with van der Waals surface area (Å²) in [6.45, 7) is 6.36. The van der Waals surface area contributed by atoms with Crippen molar-refractivity contribution in [3.63, 3.8) is 0 Å². The predicted octanol–water partition coefficient (Wildman–Crippen LogP) is 21.4. The lowest BCUT2D eigenvalue weighted by Crippen LogP contribution is -2.30. The van der Waals surface area contributed by atoms with Gasteiger partial charge in [-0.05, 0) is 96.3 Å². The van der Waals surface area contributed by atoms with Crippen LogP contribution in [0.2, 0.25) is 0 Å². The van der Waals surface area contributed by atoms with Crippen molar-refractivity contribution in [3.05, 3.63) is 109 Å². The van der Waals surface area contributed by atoms with Crippen molar-refractivity contribution in [2.45, 2.75) is 297 Å². The number of allylic oxidation sites excluding steroid dienone is 18. The topological polar surface area (TPSA) is 78.9 Å². The van der Waals surface area contributed by atoms with E-state index in [4.69, 9.17) is 14.2 Å². The van der Waals surface area contributed by atoms with E-state index in [9.17, 15) is 14.4 Å². The van der Waals surface area contributed by atoms with Gasteiger partial charge in [0.25, 0.3) is 0 Å². The van der Waals surface area contributed by atoms with Crippen molar-refractivity contribution in [3.8, 4) is 0 Å². The Bertz CT molecular complexity index is 1520. The molecule has 0 aromatic carbocycles. The first-order valence-electron chi connectivity index (χ1n) is 31.4. The van der Waals surface area contributed by atoms with Gasteiger partial charge in [0.05, 0.1) is 0 Å². The number of hydrogen-bond acceptors (Lipinski definition) is 6. The molecule has 0 rings (SSSR count). The van der Waals surface area contributed by atoms with E-state index in [2.05, 4.69) is 130 Å². The van der Waals surface area contributed by atoms with Crippen molar-refractivity contribution in [1.29, 1.82) is 0 Å². The van der Waals surface area contributed by atoms with Crippen LogP contribution in [0.1, 0.15) is 290 Å². The van der Waals surface area contributed by atoms with E-state index in [-0.39, 0.29) is 37.5 Å². The monoisotopic (exact) mass is 1040 g/mol. The molecule has 0 aromatic heterocycles. The Morgan fingerprint density at radius 1 is 0.280 bits per heavy atom. The molecule has 1 unspecified atom stereocenters. The maximum absolute atomic E-state index is 12.8. The second-order valence-corrected chi connectivity index (χ2v) is 20.6. The molecule has 75 heavy (non-hydrogen) atoms. The molecule has 0 fully saturated rings. The van der Waals surface area contributed by atoms with Crippen molar-refractivity contribution in [2.24, 2.45) is 0 Å². The van der Waals surface area contributed by atoms with E-state index in [0.29, 0.717) is 19.3 Å². The van der Waals surface area contributed by atoms with Crippen LogP contribution in [-0.2, 0) is 28.6 Å². The summed E-state index contributed by atoms with van der Waals surface area (Å²) in [5.74, 6) is -0.953. The average Bonchev–Trinajstić information content (AvgIpc) is 3.41. The van der Waals surface area contributed by atoms with Gasteiger partial charge in [0.15, 0.2) is 6.10 Å². The van der Waals surface area contributed by atoms with Crippen LogP contribution in [0.3, 0.4) is 0 Å². The zero-order valence-electron chi connectivity index (χ0n) is 49.0. The van der Waals surface area contributed by atoms with Gasteiger partial charge in [0.2, 0.25) is 0 Å². The van der Waals surface area contributed by atoms with Gasteiger partial charge in [-0.2, -0.15) is 0 Å². The third-order valence-electron chi connectivity index (χ3n) is 13.3. The van der Waals surface area contributed by atoms with Crippen LogP contribution in [0, 0.1) is 0 Å². The van der Waals surface area contributed by atoms with E-state index < -0.39 is 6.10 Å². The van der Waals surface area contributed by atoms with Crippen LogP contribution in [0.15, 0.2) is 109 Å². The molecular weight excluding hydrogens is 925 g/mol. The number of carbonyl (C=O) groups excluding carboxylic acids is 3. The molecule has 0 spiro atoms. The molecule has 0 radical (unpaired) electrons. The van der Waals surface area contributed by atoms with Crippen molar-refractivity contribution in [1.82, 2.24) is 0 Å². The molecule has 0 aliphatic carbocycles. The molecule has 0 saturated carbocycles. The maximum atomic E-state index is 12.8. The molecule has 0 N–H and O–H groups in total. The summed E-state index contributed by atoms with van der Waals surface area (Å²) in [6.07, 6.45) is 85.5. The summed E-state index contributed by atoms with van der Waals surface area (Å²) >= 11 is 0. The Morgan fingerprint density at radius 3 is 0.853 bits per heavy atom. The van der Waals surface area contributed by atoms with Gasteiger partial charge in [-0.3, -0.25) is 14.4 Å². The molecule has 0 aromatic rings. The molecule has 0 aliphatic heterocycles. The van der Waals surface area contributed by atoms with E-state index in [1.54, 1.807) is 0 Å². The summed E-state index contributed by atoms with van der Waals surface area (Å²) in [5.41, 5.74) is 0. The predicted molar refractivity (Wildman–Crippen MR) is 325 cm³/mol. The summed E-state index contributed by atoms with van der Waals surface area (Å²) < 4.78 is 16.8. The van der Waals surface area contributed by atoms with Gasteiger partial charge in [0, 0.05) is 19.3 Å². The molecule has 0 bridgehead atoms.